The molecule has 2 heterocycles. The van der Waals surface area contributed by atoms with Gasteiger partial charge in [0.15, 0.2) is 16.9 Å². The molecule has 4 aromatic rings. The normalized spacial score (nSPS) is 20.3. The van der Waals surface area contributed by atoms with Crippen molar-refractivity contribution < 1.29 is 18.7 Å². The average Bonchev–Trinajstić information content (AvgIpc) is 3.10. The highest BCUT2D eigenvalue weighted by Gasteiger charge is 2.41. The van der Waals surface area contributed by atoms with Gasteiger partial charge in [-0.15, -0.1) is 0 Å². The van der Waals surface area contributed by atoms with Crippen LogP contribution in [0, 0.1) is 5.92 Å². The monoisotopic (exact) mass is 528 g/mol. The van der Waals surface area contributed by atoms with Gasteiger partial charge in [-0.3, -0.25) is 9.59 Å². The number of ether oxygens (including phenoxy) is 2. The SMILES string of the molecule is COc1ccc(C2C=C3Nc4ccccc4NC(c4coc5ccc(Cl)cc5c4=O)C3C(=O)C2)cc1OC. The molecule has 7 nitrogen and oxygen atoms in total. The molecular formula is C30H25ClN2O5. The van der Waals surface area contributed by atoms with Crippen molar-refractivity contribution in [1.29, 1.82) is 0 Å². The molecule has 1 aliphatic heterocycles. The summed E-state index contributed by atoms with van der Waals surface area (Å²) in [6, 6.07) is 17.7. The number of allylic oxidation sites excluding steroid dienone is 1. The van der Waals surface area contributed by atoms with Gasteiger partial charge in [0.25, 0.3) is 0 Å². The minimum absolute atomic E-state index is 0.00526. The molecule has 0 fully saturated rings. The van der Waals surface area contributed by atoms with E-state index in [-0.39, 0.29) is 23.6 Å². The fourth-order valence-corrected chi connectivity index (χ4v) is 5.57. The van der Waals surface area contributed by atoms with Gasteiger partial charge in [0.1, 0.15) is 17.6 Å². The Bertz CT molecular complexity index is 1660. The first kappa shape index (κ1) is 24.1. The Kier molecular flexibility index (Phi) is 6.08. The average molecular weight is 529 g/mol. The Hall–Kier alpha value is -4.23. The quantitative estimate of drug-likeness (QED) is 0.321. The highest BCUT2D eigenvalue weighted by atomic mass is 35.5. The maximum Gasteiger partial charge on any atom is 0.198 e. The van der Waals surface area contributed by atoms with Crippen LogP contribution in [0.25, 0.3) is 11.0 Å². The minimum atomic E-state index is -0.643. The summed E-state index contributed by atoms with van der Waals surface area (Å²) >= 11 is 6.18. The number of carbonyl (C=O) groups is 1. The molecule has 1 aliphatic carbocycles. The Labute approximate surface area is 224 Å². The smallest absolute Gasteiger partial charge is 0.198 e. The van der Waals surface area contributed by atoms with Crippen LogP contribution < -0.4 is 25.5 Å². The molecule has 0 radical (unpaired) electrons. The molecule has 3 unspecified atom stereocenters. The summed E-state index contributed by atoms with van der Waals surface area (Å²) in [6.45, 7) is 0. The second-order valence-electron chi connectivity index (χ2n) is 9.44. The zero-order chi connectivity index (χ0) is 26.4. The minimum Gasteiger partial charge on any atom is -0.493 e. The van der Waals surface area contributed by atoms with Gasteiger partial charge >= 0.3 is 0 Å². The second kappa shape index (κ2) is 9.58. The third kappa shape index (κ3) is 4.09. The van der Waals surface area contributed by atoms with Gasteiger partial charge < -0.3 is 24.5 Å². The molecular weight excluding hydrogens is 504 g/mol. The van der Waals surface area contributed by atoms with E-state index < -0.39 is 12.0 Å². The number of hydrogen-bond donors (Lipinski definition) is 2. The number of benzene rings is 3. The van der Waals surface area contributed by atoms with E-state index in [1.165, 1.54) is 6.26 Å². The molecule has 0 saturated heterocycles. The number of methoxy groups -OCH3 is 2. The Morgan fingerprint density at radius 3 is 2.53 bits per heavy atom. The van der Waals surface area contributed by atoms with Crippen LogP contribution in [0.15, 0.2) is 87.9 Å². The molecule has 38 heavy (non-hydrogen) atoms. The van der Waals surface area contributed by atoms with Crippen molar-refractivity contribution >= 4 is 39.7 Å². The number of anilines is 2. The number of rotatable bonds is 4. The number of fused-ring (bicyclic) bond motifs is 3. The molecule has 6 rings (SSSR count). The first-order chi connectivity index (χ1) is 18.5. The van der Waals surface area contributed by atoms with Crippen LogP contribution >= 0.6 is 11.6 Å². The van der Waals surface area contributed by atoms with Gasteiger partial charge in [-0.1, -0.05) is 35.9 Å². The Morgan fingerprint density at radius 2 is 1.74 bits per heavy atom. The maximum atomic E-state index is 13.9. The molecule has 8 heteroatoms. The third-order valence-corrected chi connectivity index (χ3v) is 7.50. The van der Waals surface area contributed by atoms with Crippen molar-refractivity contribution in [2.24, 2.45) is 5.92 Å². The van der Waals surface area contributed by atoms with Crippen molar-refractivity contribution in [3.63, 3.8) is 0 Å². The zero-order valence-electron chi connectivity index (χ0n) is 20.8. The molecule has 1 aromatic heterocycles. The summed E-state index contributed by atoms with van der Waals surface area (Å²) in [4.78, 5) is 27.5. The maximum absolute atomic E-state index is 13.9. The lowest BCUT2D eigenvalue weighted by molar-refractivity contribution is -0.122. The van der Waals surface area contributed by atoms with Gasteiger partial charge in [-0.25, -0.2) is 0 Å². The number of halogens is 1. The summed E-state index contributed by atoms with van der Waals surface area (Å²) in [5.74, 6) is 0.421. The predicted octanol–water partition coefficient (Wildman–Crippen LogP) is 6.30. The number of nitrogens with one attached hydrogen (secondary N) is 2. The lowest BCUT2D eigenvalue weighted by Gasteiger charge is -2.32. The number of Topliss-reactive ketones (excluding diaryl/α,β-unsaturated/α-hetero) is 1. The highest BCUT2D eigenvalue weighted by Crippen LogP contribution is 2.45. The predicted molar refractivity (Wildman–Crippen MR) is 147 cm³/mol. The van der Waals surface area contributed by atoms with Gasteiger partial charge in [0.2, 0.25) is 0 Å². The molecule has 0 bridgehead atoms. The van der Waals surface area contributed by atoms with E-state index in [0.717, 1.165) is 22.6 Å². The van der Waals surface area contributed by atoms with Crippen LogP contribution in [0.4, 0.5) is 11.4 Å². The summed E-state index contributed by atoms with van der Waals surface area (Å²) in [5, 5.41) is 7.75. The number of hydrogen-bond acceptors (Lipinski definition) is 7. The number of carbonyl (C=O) groups excluding carboxylic acids is 1. The molecule has 192 valence electrons. The first-order valence-corrected chi connectivity index (χ1v) is 12.6. The van der Waals surface area contributed by atoms with Crippen LogP contribution in [-0.2, 0) is 4.79 Å². The van der Waals surface area contributed by atoms with E-state index in [4.69, 9.17) is 25.5 Å². The van der Waals surface area contributed by atoms with Crippen LogP contribution in [0.1, 0.15) is 29.5 Å². The summed E-state index contributed by atoms with van der Waals surface area (Å²) < 4.78 is 16.7. The molecule has 3 aromatic carbocycles. The molecule has 0 amide bonds. The standard InChI is InChI=1S/C30H25ClN2O5/c1-36-26-9-7-16(13-27(26)37-2)17-11-23-28(24(34)12-17)29(33-22-6-4-3-5-21(22)32-23)20-15-38-25-10-8-18(31)14-19(25)30(20)35/h3-11,13-15,17,28-29,32-33H,12H2,1-2H3. The van der Waals surface area contributed by atoms with E-state index >= 15 is 0 Å². The van der Waals surface area contributed by atoms with Crippen LogP contribution in [0.5, 0.6) is 11.5 Å². The molecule has 0 saturated carbocycles. The van der Waals surface area contributed by atoms with Crippen molar-refractivity contribution in [3.05, 3.63) is 105 Å². The number of para-hydroxylation sites is 2. The van der Waals surface area contributed by atoms with E-state index in [0.29, 0.717) is 33.1 Å². The molecule has 2 aliphatic rings. The first-order valence-electron chi connectivity index (χ1n) is 12.3. The van der Waals surface area contributed by atoms with Gasteiger partial charge in [0.05, 0.1) is 48.5 Å². The third-order valence-electron chi connectivity index (χ3n) is 7.27. The van der Waals surface area contributed by atoms with Gasteiger partial charge in [0, 0.05) is 23.1 Å². The van der Waals surface area contributed by atoms with Crippen molar-refractivity contribution in [2.75, 3.05) is 24.9 Å². The van der Waals surface area contributed by atoms with Crippen LogP contribution in [0.2, 0.25) is 5.02 Å². The van der Waals surface area contributed by atoms with Gasteiger partial charge in [-0.2, -0.15) is 0 Å². The second-order valence-corrected chi connectivity index (χ2v) is 9.88. The van der Waals surface area contributed by atoms with E-state index in [1.807, 2.05) is 42.5 Å². The van der Waals surface area contributed by atoms with Crippen molar-refractivity contribution in [2.45, 2.75) is 18.4 Å². The summed E-state index contributed by atoms with van der Waals surface area (Å²) in [5.41, 5.74) is 3.86. The van der Waals surface area contributed by atoms with Gasteiger partial charge in [-0.05, 0) is 48.0 Å². The summed E-state index contributed by atoms with van der Waals surface area (Å²) in [7, 11) is 3.18. The summed E-state index contributed by atoms with van der Waals surface area (Å²) in [6.07, 6.45) is 3.80. The zero-order valence-corrected chi connectivity index (χ0v) is 21.5. The lowest BCUT2D eigenvalue weighted by Crippen LogP contribution is -2.35. The van der Waals surface area contributed by atoms with Crippen LogP contribution in [-0.4, -0.2) is 20.0 Å². The largest absolute Gasteiger partial charge is 0.493 e. The van der Waals surface area contributed by atoms with E-state index in [1.54, 1.807) is 32.4 Å². The van der Waals surface area contributed by atoms with E-state index in [9.17, 15) is 9.59 Å². The lowest BCUT2D eigenvalue weighted by atomic mass is 9.76. The Morgan fingerprint density at radius 1 is 0.947 bits per heavy atom. The molecule has 0 spiro atoms. The Balaban J connectivity index is 1.49. The highest BCUT2D eigenvalue weighted by molar-refractivity contribution is 6.31. The number of ketones is 1. The van der Waals surface area contributed by atoms with Crippen molar-refractivity contribution in [3.8, 4) is 11.5 Å². The van der Waals surface area contributed by atoms with Crippen LogP contribution in [0.3, 0.4) is 0 Å². The fraction of sp³-hybridized carbons (Fsp3) is 0.200. The van der Waals surface area contributed by atoms with E-state index in [2.05, 4.69) is 16.7 Å². The molecule has 3 atom stereocenters. The topological polar surface area (TPSA) is 89.8 Å². The molecule has 2 N–H and O–H groups in total. The van der Waals surface area contributed by atoms with Crippen molar-refractivity contribution in [1.82, 2.24) is 0 Å². The fourth-order valence-electron chi connectivity index (χ4n) is 5.39.